The summed E-state index contributed by atoms with van der Waals surface area (Å²) in [7, 11) is 0. The molecule has 8 atom stereocenters. The summed E-state index contributed by atoms with van der Waals surface area (Å²) in [4.78, 5) is 24.5. The summed E-state index contributed by atoms with van der Waals surface area (Å²) in [6, 6.07) is 0. The van der Waals surface area contributed by atoms with Gasteiger partial charge in [0.2, 0.25) is 0 Å². The van der Waals surface area contributed by atoms with Crippen molar-refractivity contribution in [3.63, 3.8) is 0 Å². The van der Waals surface area contributed by atoms with Crippen molar-refractivity contribution in [1.82, 2.24) is 0 Å². The van der Waals surface area contributed by atoms with Gasteiger partial charge in [0.05, 0.1) is 12.2 Å². The predicted molar refractivity (Wildman–Crippen MR) is 103 cm³/mol. The van der Waals surface area contributed by atoms with Gasteiger partial charge in [-0.3, -0.25) is 9.59 Å². The second-order valence-electron chi connectivity index (χ2n) is 10.0. The maximum atomic E-state index is 17.0. The van der Waals surface area contributed by atoms with E-state index in [0.29, 0.717) is 38.7 Å². The van der Waals surface area contributed by atoms with Gasteiger partial charge in [-0.05, 0) is 63.4 Å². The number of fused-ring (bicyclic) bond motifs is 5. The Bertz CT molecular complexity index is 732. The number of Topliss-reactive ketones (excluding diaryl/α,β-unsaturated/α-hetero) is 1. The molecule has 1 N–H and O–H groups in total. The van der Waals surface area contributed by atoms with E-state index in [2.05, 4.69) is 6.92 Å². The van der Waals surface area contributed by atoms with E-state index < -0.39 is 22.6 Å². The van der Waals surface area contributed by atoms with Crippen LogP contribution in [0.2, 0.25) is 0 Å². The molecule has 0 saturated heterocycles. The number of aliphatic hydroxyl groups is 1. The van der Waals surface area contributed by atoms with Gasteiger partial charge in [-0.15, -0.1) is 0 Å². The first-order valence-corrected chi connectivity index (χ1v) is 10.8. The van der Waals surface area contributed by atoms with E-state index in [0.717, 1.165) is 5.57 Å². The first-order chi connectivity index (χ1) is 13.1. The monoisotopic (exact) mass is 392 g/mol. The number of ether oxygens (including phenoxy) is 1. The molecule has 0 bridgehead atoms. The number of carbonyl (C=O) groups excluding carboxylic acids is 2. The highest BCUT2D eigenvalue weighted by Crippen LogP contribution is 2.69. The summed E-state index contributed by atoms with van der Waals surface area (Å²) in [5.74, 6) is -0.466. The number of ketones is 2. The fourth-order valence-corrected chi connectivity index (χ4v) is 7.67. The Balaban J connectivity index is 1.79. The van der Waals surface area contributed by atoms with Crippen LogP contribution in [0.1, 0.15) is 66.2 Å². The van der Waals surface area contributed by atoms with Crippen molar-refractivity contribution in [3.8, 4) is 0 Å². The van der Waals surface area contributed by atoms with Crippen LogP contribution in [-0.4, -0.2) is 41.2 Å². The minimum atomic E-state index is -1.76. The summed E-state index contributed by atoms with van der Waals surface area (Å²) in [5.41, 5.74) is -2.15. The van der Waals surface area contributed by atoms with Crippen molar-refractivity contribution < 1.29 is 23.8 Å². The van der Waals surface area contributed by atoms with Gasteiger partial charge < -0.3 is 9.84 Å². The van der Waals surface area contributed by atoms with E-state index in [1.165, 1.54) is 0 Å². The molecule has 4 aliphatic rings. The molecular formula is C23H33FO4. The van der Waals surface area contributed by atoms with E-state index >= 15 is 4.39 Å². The van der Waals surface area contributed by atoms with Gasteiger partial charge in [0.25, 0.3) is 0 Å². The van der Waals surface area contributed by atoms with E-state index in [-0.39, 0.29) is 41.8 Å². The van der Waals surface area contributed by atoms with E-state index in [1.807, 2.05) is 13.8 Å². The molecule has 3 fully saturated rings. The number of carbonyl (C=O) groups is 2. The molecule has 0 aromatic rings. The Kier molecular flexibility index (Phi) is 4.67. The molecule has 0 aromatic carbocycles. The third kappa shape index (κ3) is 2.41. The van der Waals surface area contributed by atoms with Crippen molar-refractivity contribution in [2.45, 2.75) is 84.1 Å². The van der Waals surface area contributed by atoms with Crippen LogP contribution in [0.15, 0.2) is 11.6 Å². The molecule has 156 valence electrons. The van der Waals surface area contributed by atoms with Crippen LogP contribution in [0.3, 0.4) is 0 Å². The summed E-state index contributed by atoms with van der Waals surface area (Å²) in [6.07, 6.45) is 3.35. The fraction of sp³-hybridized carbons (Fsp3) is 0.826. The molecule has 0 aromatic heterocycles. The van der Waals surface area contributed by atoms with Crippen molar-refractivity contribution in [3.05, 3.63) is 11.6 Å². The molecule has 3 saturated carbocycles. The predicted octanol–water partition coefficient (Wildman–Crippen LogP) is 3.80. The smallest absolute Gasteiger partial charge is 0.155 e. The first kappa shape index (κ1) is 20.2. The van der Waals surface area contributed by atoms with Crippen LogP contribution in [0.25, 0.3) is 0 Å². The highest BCUT2D eigenvalue weighted by molar-refractivity contribution is 5.91. The van der Waals surface area contributed by atoms with Crippen molar-refractivity contribution in [2.24, 2.45) is 28.6 Å². The number of hydrogen-bond acceptors (Lipinski definition) is 4. The summed E-state index contributed by atoms with van der Waals surface area (Å²) < 4.78 is 22.9. The average molecular weight is 393 g/mol. The maximum absolute atomic E-state index is 17.0. The number of hydrogen-bond donors (Lipinski definition) is 1. The minimum absolute atomic E-state index is 0.00218. The number of allylic oxidation sites excluding steroid dienone is 1. The van der Waals surface area contributed by atoms with Crippen molar-refractivity contribution in [1.29, 1.82) is 0 Å². The topological polar surface area (TPSA) is 63.6 Å². The number of rotatable bonds is 3. The quantitative estimate of drug-likeness (QED) is 0.793. The van der Waals surface area contributed by atoms with Crippen LogP contribution in [0.4, 0.5) is 4.39 Å². The van der Waals surface area contributed by atoms with Crippen LogP contribution < -0.4 is 0 Å². The van der Waals surface area contributed by atoms with Gasteiger partial charge >= 0.3 is 0 Å². The van der Waals surface area contributed by atoms with Crippen LogP contribution in [0.5, 0.6) is 0 Å². The first-order valence-electron chi connectivity index (χ1n) is 10.8. The molecule has 4 aliphatic carbocycles. The third-order valence-electron chi connectivity index (χ3n) is 8.86. The molecular weight excluding hydrogens is 359 g/mol. The maximum Gasteiger partial charge on any atom is 0.155 e. The highest BCUT2D eigenvalue weighted by atomic mass is 19.1. The zero-order valence-corrected chi connectivity index (χ0v) is 17.5. The molecule has 5 heteroatoms. The van der Waals surface area contributed by atoms with E-state index in [4.69, 9.17) is 4.74 Å². The van der Waals surface area contributed by atoms with Crippen LogP contribution in [0, 0.1) is 28.6 Å². The lowest BCUT2D eigenvalue weighted by atomic mass is 9.44. The van der Waals surface area contributed by atoms with Gasteiger partial charge in [-0.2, -0.15) is 0 Å². The second-order valence-corrected chi connectivity index (χ2v) is 10.0. The number of aliphatic hydroxyl groups excluding tert-OH is 1. The molecule has 0 spiro atoms. The molecule has 0 amide bonds. The molecule has 2 unspecified atom stereocenters. The Morgan fingerprint density at radius 1 is 1.32 bits per heavy atom. The lowest BCUT2D eigenvalue weighted by molar-refractivity contribution is -0.208. The molecule has 4 rings (SSSR count). The highest BCUT2D eigenvalue weighted by Gasteiger charge is 2.72. The standard InChI is InChI=1S/C23H33FO4/c1-5-28-18-11-17-16-7-6-14-10-15(26)8-9-22(14,4)23(16,24)19(27)12-21(17,3)20(18)13(2)25/h10,16-20,27H,5-9,11-12H2,1-4H3/t16-,17-,18?,19?,20-,21-,22-,23-/m0/s1. The average Bonchev–Trinajstić information content (AvgIpc) is 2.89. The normalized spacial score (nSPS) is 50.4. The Labute approximate surface area is 166 Å². The number of halogens is 1. The fourth-order valence-electron chi connectivity index (χ4n) is 7.67. The SMILES string of the molecule is CCOC1C[C@H]2[C@@H]3CCC4=CC(=O)CC[C@]4(C)[C@@]3(F)C(O)C[C@]2(C)[C@H]1C(C)=O. The van der Waals surface area contributed by atoms with Crippen LogP contribution in [-0.2, 0) is 14.3 Å². The number of alkyl halides is 1. The Morgan fingerprint density at radius 3 is 2.68 bits per heavy atom. The third-order valence-corrected chi connectivity index (χ3v) is 8.86. The lowest BCUT2D eigenvalue weighted by Crippen LogP contribution is -2.67. The molecule has 4 nitrogen and oxygen atoms in total. The summed E-state index contributed by atoms with van der Waals surface area (Å²) >= 11 is 0. The molecule has 0 heterocycles. The van der Waals surface area contributed by atoms with Gasteiger partial charge in [0.1, 0.15) is 11.5 Å². The zero-order chi connectivity index (χ0) is 20.5. The van der Waals surface area contributed by atoms with E-state index in [1.54, 1.807) is 13.0 Å². The van der Waals surface area contributed by atoms with E-state index in [9.17, 15) is 14.7 Å². The van der Waals surface area contributed by atoms with Gasteiger partial charge in [-0.1, -0.05) is 19.4 Å². The lowest BCUT2D eigenvalue weighted by Gasteiger charge is -2.62. The zero-order valence-electron chi connectivity index (χ0n) is 17.5. The second kappa shape index (κ2) is 6.46. The van der Waals surface area contributed by atoms with Gasteiger partial charge in [0.15, 0.2) is 5.78 Å². The molecule has 28 heavy (non-hydrogen) atoms. The largest absolute Gasteiger partial charge is 0.390 e. The van der Waals surface area contributed by atoms with Crippen molar-refractivity contribution in [2.75, 3.05) is 6.61 Å². The Hall–Kier alpha value is -1.07. The summed E-state index contributed by atoms with van der Waals surface area (Å²) in [6.45, 7) is 8.01. The molecule has 0 aliphatic heterocycles. The summed E-state index contributed by atoms with van der Waals surface area (Å²) in [5, 5.41) is 11.2. The minimum Gasteiger partial charge on any atom is -0.390 e. The van der Waals surface area contributed by atoms with Gasteiger partial charge in [-0.25, -0.2) is 4.39 Å². The molecule has 0 radical (unpaired) electrons. The van der Waals surface area contributed by atoms with Crippen molar-refractivity contribution >= 4 is 11.6 Å². The van der Waals surface area contributed by atoms with Crippen LogP contribution >= 0.6 is 0 Å². The van der Waals surface area contributed by atoms with Gasteiger partial charge in [0, 0.05) is 30.3 Å². The Morgan fingerprint density at radius 2 is 2.04 bits per heavy atom.